The lowest BCUT2D eigenvalue weighted by atomic mass is 10.0. The first-order chi connectivity index (χ1) is 22.4. The molecule has 1 amide bonds. The van der Waals surface area contributed by atoms with E-state index in [9.17, 15) is 20.0 Å². The largest absolute Gasteiger partial charge is 0.386 e. The number of nitro groups is 1. The van der Waals surface area contributed by atoms with Crippen LogP contribution in [0.5, 0.6) is 0 Å². The molecule has 0 bridgehead atoms. The minimum atomic E-state index is -1.67. The Hall–Kier alpha value is -3.86. The van der Waals surface area contributed by atoms with Gasteiger partial charge >= 0.3 is 0 Å². The SMILES string of the molecule is C[C@@H](NC(=O)CCCCCCCCCCC[P+]1(c2ccccc2)c2ccccc2-c2ccccc21)[C@H](O)c1ccc([N+](=O)[O-])cc1. The molecule has 0 saturated carbocycles. The van der Waals surface area contributed by atoms with E-state index >= 15 is 0 Å². The number of rotatable bonds is 17. The lowest BCUT2D eigenvalue weighted by molar-refractivity contribution is -0.384. The zero-order valence-corrected chi connectivity index (χ0v) is 27.7. The van der Waals surface area contributed by atoms with Gasteiger partial charge in [-0.05, 0) is 68.1 Å². The zero-order valence-electron chi connectivity index (χ0n) is 26.8. The average molecular weight is 638 g/mol. The number of carbonyl (C=O) groups is 1. The molecule has 6 nitrogen and oxygen atoms in total. The molecular formula is C39H46N2O4P+. The Balaban J connectivity index is 0.991. The van der Waals surface area contributed by atoms with Crippen LogP contribution < -0.4 is 21.2 Å². The summed E-state index contributed by atoms with van der Waals surface area (Å²) in [5.74, 6) is -0.0721. The van der Waals surface area contributed by atoms with E-state index in [0.29, 0.717) is 12.0 Å². The highest BCUT2D eigenvalue weighted by Crippen LogP contribution is 2.62. The van der Waals surface area contributed by atoms with Crippen LogP contribution in [-0.4, -0.2) is 28.1 Å². The Labute approximate surface area is 273 Å². The van der Waals surface area contributed by atoms with Crippen molar-refractivity contribution in [3.05, 3.63) is 119 Å². The van der Waals surface area contributed by atoms with Gasteiger partial charge in [0.2, 0.25) is 5.91 Å². The Morgan fingerprint density at radius 1 is 0.717 bits per heavy atom. The number of non-ortho nitro benzene ring substituents is 1. The number of nitrogens with one attached hydrogen (secondary N) is 1. The van der Waals surface area contributed by atoms with Gasteiger partial charge in [-0.15, -0.1) is 0 Å². The third kappa shape index (κ3) is 7.74. The fourth-order valence-electron chi connectivity index (χ4n) is 6.89. The summed E-state index contributed by atoms with van der Waals surface area (Å²) in [5.41, 5.74) is 3.36. The molecule has 4 aromatic carbocycles. The van der Waals surface area contributed by atoms with E-state index in [0.717, 1.165) is 19.3 Å². The Morgan fingerprint density at radius 3 is 1.78 bits per heavy atom. The highest BCUT2D eigenvalue weighted by molar-refractivity contribution is 7.96. The number of aliphatic hydroxyl groups excluding tert-OH is 1. The second kappa shape index (κ2) is 16.1. The Morgan fingerprint density at radius 2 is 1.22 bits per heavy atom. The van der Waals surface area contributed by atoms with E-state index < -0.39 is 24.3 Å². The molecule has 0 aromatic heterocycles. The lowest BCUT2D eigenvalue weighted by Gasteiger charge is -2.24. The molecular weight excluding hydrogens is 591 g/mol. The van der Waals surface area contributed by atoms with Crippen molar-refractivity contribution in [1.82, 2.24) is 5.32 Å². The van der Waals surface area contributed by atoms with E-state index in [4.69, 9.17) is 0 Å². The third-order valence-corrected chi connectivity index (χ3v) is 13.9. The predicted molar refractivity (Wildman–Crippen MR) is 191 cm³/mol. The van der Waals surface area contributed by atoms with Crippen LogP contribution in [-0.2, 0) is 4.79 Å². The van der Waals surface area contributed by atoms with Gasteiger partial charge in [0.15, 0.2) is 0 Å². The molecule has 0 fully saturated rings. The normalized spacial score (nSPS) is 14.2. The van der Waals surface area contributed by atoms with Crippen LogP contribution in [0.2, 0.25) is 0 Å². The van der Waals surface area contributed by atoms with Crippen LogP contribution in [0.3, 0.4) is 0 Å². The van der Waals surface area contributed by atoms with Gasteiger partial charge in [0.05, 0.1) is 23.2 Å². The summed E-state index contributed by atoms with van der Waals surface area (Å²) < 4.78 is 0. The number of hydrogen-bond donors (Lipinski definition) is 2. The molecule has 1 aliphatic rings. The first-order valence-electron chi connectivity index (χ1n) is 16.8. The fraction of sp³-hybridized carbons (Fsp3) is 0.359. The van der Waals surface area contributed by atoms with Crippen LogP contribution in [0.25, 0.3) is 11.1 Å². The van der Waals surface area contributed by atoms with Gasteiger partial charge in [-0.1, -0.05) is 93.1 Å². The molecule has 46 heavy (non-hydrogen) atoms. The quantitative estimate of drug-likeness (QED) is 0.0531. The number of unbranched alkanes of at least 4 members (excludes halogenated alkanes) is 8. The predicted octanol–water partition coefficient (Wildman–Crippen LogP) is 8.01. The zero-order chi connectivity index (χ0) is 32.4. The van der Waals surface area contributed by atoms with Crippen molar-refractivity contribution >= 4 is 34.8 Å². The van der Waals surface area contributed by atoms with Crippen LogP contribution in [0.4, 0.5) is 5.69 Å². The maximum atomic E-state index is 12.4. The molecule has 0 spiro atoms. The van der Waals surface area contributed by atoms with Crippen molar-refractivity contribution in [2.24, 2.45) is 0 Å². The standard InChI is InChI=1S/C39H45N2O4P/c1-30(39(43)31-25-27-32(28-26-31)41(44)45)40-38(42)24-12-7-5-3-2-4-6-8-17-29-46(33-18-10-9-11-19-33)36-22-15-13-20-34(36)35-21-14-16-23-37(35)46/h9-11,13-16,18-23,25-28,30,39,43H,2-8,12,17,24,29H2,1H3/p+1/t30-,39+/m1/s1. The number of amides is 1. The molecule has 4 aromatic rings. The average Bonchev–Trinajstić information content (AvgIpc) is 3.37. The maximum Gasteiger partial charge on any atom is 0.269 e. The van der Waals surface area contributed by atoms with Crippen molar-refractivity contribution in [2.45, 2.75) is 83.3 Å². The summed E-state index contributed by atoms with van der Waals surface area (Å²) in [6, 6.07) is 34.7. The highest BCUT2D eigenvalue weighted by atomic mass is 31.2. The molecule has 7 heteroatoms. The summed E-state index contributed by atoms with van der Waals surface area (Å²) in [6.07, 6.45) is 11.2. The number of aliphatic hydroxyl groups is 1. The number of fused-ring (bicyclic) bond motifs is 3. The molecule has 240 valence electrons. The van der Waals surface area contributed by atoms with Gasteiger partial charge in [-0.2, -0.15) is 0 Å². The number of benzene rings is 4. The van der Waals surface area contributed by atoms with Crippen molar-refractivity contribution in [1.29, 1.82) is 0 Å². The van der Waals surface area contributed by atoms with Crippen molar-refractivity contribution in [3.63, 3.8) is 0 Å². The summed E-state index contributed by atoms with van der Waals surface area (Å²) in [6.45, 7) is 1.75. The molecule has 0 unspecified atom stereocenters. The van der Waals surface area contributed by atoms with Crippen LogP contribution in [0.15, 0.2) is 103 Å². The molecule has 0 saturated heterocycles. The highest BCUT2D eigenvalue weighted by Gasteiger charge is 2.52. The van der Waals surface area contributed by atoms with E-state index in [-0.39, 0.29) is 11.6 Å². The van der Waals surface area contributed by atoms with Crippen molar-refractivity contribution in [2.75, 3.05) is 6.16 Å². The van der Waals surface area contributed by atoms with E-state index in [2.05, 4.69) is 84.2 Å². The fourth-order valence-corrected chi connectivity index (χ4v) is 11.7. The van der Waals surface area contributed by atoms with E-state index in [1.165, 1.54) is 85.4 Å². The van der Waals surface area contributed by atoms with Gasteiger partial charge < -0.3 is 10.4 Å². The summed E-state index contributed by atoms with van der Waals surface area (Å²) in [4.78, 5) is 22.8. The second-order valence-electron chi connectivity index (χ2n) is 12.5. The van der Waals surface area contributed by atoms with Gasteiger partial charge in [-0.25, -0.2) is 0 Å². The first-order valence-corrected chi connectivity index (χ1v) is 18.7. The van der Waals surface area contributed by atoms with E-state index in [1.807, 2.05) is 0 Å². The third-order valence-electron chi connectivity index (χ3n) is 9.32. The molecule has 5 rings (SSSR count). The molecule has 2 N–H and O–H groups in total. The Bertz CT molecular complexity index is 1550. The molecule has 1 aliphatic heterocycles. The molecule has 2 atom stereocenters. The van der Waals surface area contributed by atoms with Gasteiger partial charge in [-0.3, -0.25) is 14.9 Å². The van der Waals surface area contributed by atoms with Crippen LogP contribution in [0.1, 0.15) is 82.8 Å². The molecule has 0 radical (unpaired) electrons. The number of nitro benzene ring substituents is 1. The number of carbonyl (C=O) groups excluding carboxylic acids is 1. The first kappa shape index (κ1) is 33.5. The van der Waals surface area contributed by atoms with Gasteiger partial charge in [0, 0.05) is 29.7 Å². The minimum absolute atomic E-state index is 0.0251. The van der Waals surface area contributed by atoms with Crippen molar-refractivity contribution < 1.29 is 14.8 Å². The van der Waals surface area contributed by atoms with Crippen molar-refractivity contribution in [3.8, 4) is 11.1 Å². The monoisotopic (exact) mass is 637 g/mol. The number of nitrogens with zero attached hydrogens (tertiary/aromatic N) is 1. The van der Waals surface area contributed by atoms with Gasteiger partial charge in [0.1, 0.15) is 23.2 Å². The van der Waals surface area contributed by atoms with Crippen LogP contribution >= 0.6 is 7.26 Å². The van der Waals surface area contributed by atoms with E-state index in [1.54, 1.807) is 17.5 Å². The number of hydrogen-bond acceptors (Lipinski definition) is 4. The lowest BCUT2D eigenvalue weighted by Crippen LogP contribution is -2.36. The molecule has 1 heterocycles. The smallest absolute Gasteiger partial charge is 0.269 e. The maximum absolute atomic E-state index is 12.4. The Kier molecular flexibility index (Phi) is 11.7. The summed E-state index contributed by atoms with van der Waals surface area (Å²) >= 11 is 0. The topological polar surface area (TPSA) is 92.5 Å². The minimum Gasteiger partial charge on any atom is -0.386 e. The van der Waals surface area contributed by atoms with Crippen LogP contribution in [0, 0.1) is 10.1 Å². The molecule has 0 aliphatic carbocycles. The second-order valence-corrected chi connectivity index (χ2v) is 16.0. The summed E-state index contributed by atoms with van der Waals surface area (Å²) in [5, 5.41) is 28.8. The van der Waals surface area contributed by atoms with Gasteiger partial charge in [0.25, 0.3) is 5.69 Å². The summed E-state index contributed by atoms with van der Waals surface area (Å²) in [7, 11) is -1.67.